The van der Waals surface area contributed by atoms with E-state index in [0.29, 0.717) is 13.1 Å². The zero-order valence-electron chi connectivity index (χ0n) is 12.8. The first-order valence-corrected chi connectivity index (χ1v) is 6.70. The second-order valence-electron chi connectivity index (χ2n) is 5.17. The highest BCUT2D eigenvalue weighted by atomic mass is 19.1. The van der Waals surface area contributed by atoms with E-state index in [-0.39, 0.29) is 23.1 Å². The van der Waals surface area contributed by atoms with Crippen LogP contribution in [0, 0.1) is 11.6 Å². The molecule has 0 aliphatic heterocycles. The Morgan fingerprint density at radius 2 is 1.86 bits per heavy atom. The number of nitrogens with two attached hydrogens (primary N) is 1. The lowest BCUT2D eigenvalue weighted by Gasteiger charge is -2.32. The van der Waals surface area contributed by atoms with Crippen molar-refractivity contribution >= 4 is 11.5 Å². The van der Waals surface area contributed by atoms with Crippen LogP contribution >= 0.6 is 0 Å². The highest BCUT2D eigenvalue weighted by molar-refractivity contribution is 5.97. The Bertz CT molecular complexity index is 497. The van der Waals surface area contributed by atoms with Crippen LogP contribution in [-0.2, 0) is 0 Å². The number of hydrogen-bond acceptors (Lipinski definition) is 4. The van der Waals surface area contributed by atoms with Gasteiger partial charge in [-0.3, -0.25) is 0 Å². The van der Waals surface area contributed by atoms with Gasteiger partial charge in [-0.25, -0.2) is 8.78 Å². The minimum Gasteiger partial charge on any atom is -0.409 e. The largest absolute Gasteiger partial charge is 0.409 e. The van der Waals surface area contributed by atoms with E-state index in [1.807, 2.05) is 32.8 Å². The lowest BCUT2D eigenvalue weighted by molar-refractivity contribution is 0.318. The summed E-state index contributed by atoms with van der Waals surface area (Å²) in [6, 6.07) is 2.07. The van der Waals surface area contributed by atoms with E-state index in [2.05, 4.69) is 5.16 Å². The maximum absolute atomic E-state index is 14.3. The lowest BCUT2D eigenvalue weighted by atomic mass is 10.1. The van der Waals surface area contributed by atoms with Crippen molar-refractivity contribution in [2.75, 3.05) is 32.1 Å². The number of hydrogen-bond donors (Lipinski definition) is 2. The monoisotopic (exact) mass is 300 g/mol. The molecule has 5 nitrogen and oxygen atoms in total. The zero-order valence-corrected chi connectivity index (χ0v) is 12.8. The molecule has 1 aromatic rings. The van der Waals surface area contributed by atoms with Gasteiger partial charge in [0.1, 0.15) is 17.3 Å². The number of oxime groups is 1. The maximum atomic E-state index is 14.3. The van der Waals surface area contributed by atoms with Crippen LogP contribution in [0.3, 0.4) is 0 Å². The summed E-state index contributed by atoms with van der Waals surface area (Å²) >= 11 is 0. The number of likely N-dealkylation sites (N-methyl/N-ethyl adjacent to an activating group) is 2. The highest BCUT2D eigenvalue weighted by Crippen LogP contribution is 2.26. The first kappa shape index (κ1) is 17.2. The van der Waals surface area contributed by atoms with E-state index in [4.69, 9.17) is 10.9 Å². The molecule has 1 unspecified atom stereocenters. The molecule has 1 rings (SSSR count). The third-order valence-corrected chi connectivity index (χ3v) is 3.21. The third-order valence-electron chi connectivity index (χ3n) is 3.21. The molecule has 0 aromatic heterocycles. The second kappa shape index (κ2) is 7.21. The quantitative estimate of drug-likeness (QED) is 0.364. The molecule has 7 heteroatoms. The number of nitrogens with zero attached hydrogens (tertiary/aromatic N) is 3. The first-order chi connectivity index (χ1) is 9.81. The molecule has 1 atom stereocenters. The molecule has 0 aliphatic carbocycles. The Morgan fingerprint density at radius 1 is 1.33 bits per heavy atom. The predicted molar refractivity (Wildman–Crippen MR) is 79.9 cm³/mol. The van der Waals surface area contributed by atoms with Gasteiger partial charge in [0.05, 0.1) is 0 Å². The number of halogens is 2. The van der Waals surface area contributed by atoms with Crippen molar-refractivity contribution in [3.8, 4) is 0 Å². The average molecular weight is 300 g/mol. The van der Waals surface area contributed by atoms with Gasteiger partial charge >= 0.3 is 0 Å². The molecule has 0 spiro atoms. The van der Waals surface area contributed by atoms with E-state index >= 15 is 0 Å². The number of anilines is 1. The number of rotatable bonds is 6. The van der Waals surface area contributed by atoms with Crippen LogP contribution in [-0.4, -0.2) is 49.2 Å². The summed E-state index contributed by atoms with van der Waals surface area (Å²) in [5, 5.41) is 11.3. The molecule has 0 heterocycles. The Kier molecular flexibility index (Phi) is 5.90. The van der Waals surface area contributed by atoms with Gasteiger partial charge in [0.15, 0.2) is 5.84 Å². The van der Waals surface area contributed by atoms with Crippen molar-refractivity contribution in [2.45, 2.75) is 19.9 Å². The van der Waals surface area contributed by atoms with E-state index in [1.54, 1.807) is 4.90 Å². The minimum atomic E-state index is -0.732. The normalized spacial score (nSPS) is 13.6. The Morgan fingerprint density at radius 3 is 2.24 bits per heavy atom. The van der Waals surface area contributed by atoms with Crippen molar-refractivity contribution in [1.29, 1.82) is 0 Å². The lowest BCUT2D eigenvalue weighted by Crippen LogP contribution is -2.41. The molecule has 0 saturated carbocycles. The van der Waals surface area contributed by atoms with Gasteiger partial charge < -0.3 is 20.7 Å². The topological polar surface area (TPSA) is 65.1 Å². The number of amidine groups is 1. The summed E-state index contributed by atoms with van der Waals surface area (Å²) in [4.78, 5) is 3.61. The molecule has 118 valence electrons. The molecular weight excluding hydrogens is 278 g/mol. The van der Waals surface area contributed by atoms with Gasteiger partial charge in [-0.1, -0.05) is 5.16 Å². The summed E-state index contributed by atoms with van der Waals surface area (Å²) in [6.45, 7) is 4.86. The smallest absolute Gasteiger partial charge is 0.170 e. The van der Waals surface area contributed by atoms with E-state index in [1.165, 1.54) is 0 Å². The first-order valence-electron chi connectivity index (χ1n) is 6.70. The second-order valence-corrected chi connectivity index (χ2v) is 5.17. The van der Waals surface area contributed by atoms with Crippen molar-refractivity contribution in [1.82, 2.24) is 4.90 Å². The zero-order chi connectivity index (χ0) is 16.2. The third kappa shape index (κ3) is 4.04. The van der Waals surface area contributed by atoms with Crippen molar-refractivity contribution < 1.29 is 14.0 Å². The molecule has 0 bridgehead atoms. The highest BCUT2D eigenvalue weighted by Gasteiger charge is 2.22. The van der Waals surface area contributed by atoms with Crippen molar-refractivity contribution in [3.63, 3.8) is 0 Å². The fourth-order valence-corrected chi connectivity index (χ4v) is 2.36. The molecule has 0 amide bonds. The Labute approximate surface area is 123 Å². The predicted octanol–water partition coefficient (Wildman–Crippen LogP) is 1.84. The van der Waals surface area contributed by atoms with E-state index in [0.717, 1.165) is 12.1 Å². The Balaban J connectivity index is 3.22. The van der Waals surface area contributed by atoms with Gasteiger partial charge in [-0.05, 0) is 40.1 Å². The van der Waals surface area contributed by atoms with Crippen LogP contribution in [0.25, 0.3) is 0 Å². The van der Waals surface area contributed by atoms with Crippen LogP contribution in [0.4, 0.5) is 14.5 Å². The van der Waals surface area contributed by atoms with Crippen molar-refractivity contribution in [2.24, 2.45) is 10.9 Å². The molecule has 0 radical (unpaired) electrons. The molecule has 3 N–H and O–H groups in total. The molecule has 0 fully saturated rings. The average Bonchev–Trinajstić information content (AvgIpc) is 2.40. The molecular formula is C14H22F2N4O. The SMILES string of the molecule is CCN(c1c(F)cc(C(N)=NO)cc1F)C(C)CN(C)C. The summed E-state index contributed by atoms with van der Waals surface area (Å²) in [5.41, 5.74) is 5.27. The van der Waals surface area contributed by atoms with Crippen LogP contribution in [0.2, 0.25) is 0 Å². The van der Waals surface area contributed by atoms with Gasteiger partial charge in [-0.2, -0.15) is 0 Å². The minimum absolute atomic E-state index is 0.00701. The van der Waals surface area contributed by atoms with Gasteiger partial charge in [0, 0.05) is 24.7 Å². The van der Waals surface area contributed by atoms with Gasteiger partial charge in [0.25, 0.3) is 0 Å². The summed E-state index contributed by atoms with van der Waals surface area (Å²) < 4.78 is 28.5. The van der Waals surface area contributed by atoms with Gasteiger partial charge in [-0.15, -0.1) is 0 Å². The van der Waals surface area contributed by atoms with E-state index < -0.39 is 11.6 Å². The van der Waals surface area contributed by atoms with Crippen LogP contribution in [0.1, 0.15) is 19.4 Å². The van der Waals surface area contributed by atoms with Crippen LogP contribution in [0.15, 0.2) is 17.3 Å². The maximum Gasteiger partial charge on any atom is 0.170 e. The fourth-order valence-electron chi connectivity index (χ4n) is 2.36. The standard InChI is InChI=1S/C14H22F2N4O/c1-5-20(9(2)8-19(3)4)13-11(15)6-10(7-12(13)16)14(17)18-21/h6-7,9,21H,5,8H2,1-4H3,(H2,17,18). The van der Waals surface area contributed by atoms with Crippen molar-refractivity contribution in [3.05, 3.63) is 29.3 Å². The van der Waals surface area contributed by atoms with Gasteiger partial charge in [0.2, 0.25) is 0 Å². The fraction of sp³-hybridized carbons (Fsp3) is 0.500. The van der Waals surface area contributed by atoms with Crippen LogP contribution < -0.4 is 10.6 Å². The van der Waals surface area contributed by atoms with Crippen LogP contribution in [0.5, 0.6) is 0 Å². The Hall–Kier alpha value is -1.89. The molecule has 1 aromatic carbocycles. The molecule has 0 saturated heterocycles. The number of benzene rings is 1. The summed E-state index contributed by atoms with van der Waals surface area (Å²) in [6.07, 6.45) is 0. The van der Waals surface area contributed by atoms with E-state index in [9.17, 15) is 8.78 Å². The molecule has 21 heavy (non-hydrogen) atoms. The summed E-state index contributed by atoms with van der Waals surface area (Å²) in [5.74, 6) is -1.79. The molecule has 0 aliphatic rings. The summed E-state index contributed by atoms with van der Waals surface area (Å²) in [7, 11) is 3.80.